The van der Waals surface area contributed by atoms with E-state index in [1.54, 1.807) is 23.4 Å². The van der Waals surface area contributed by atoms with Crippen molar-refractivity contribution >= 4 is 5.91 Å². The number of hydrogen-bond donors (Lipinski definition) is 0. The molecule has 6 nitrogen and oxygen atoms in total. The summed E-state index contributed by atoms with van der Waals surface area (Å²) in [5.41, 5.74) is -0.104. The zero-order valence-electron chi connectivity index (χ0n) is 10.6. The molecule has 0 aliphatic carbocycles. The van der Waals surface area contributed by atoms with E-state index in [1.807, 2.05) is 6.07 Å². The first-order chi connectivity index (χ1) is 9.72. The topological polar surface area (TPSA) is 72.6 Å². The van der Waals surface area contributed by atoms with E-state index >= 15 is 0 Å². The average molecular weight is 272 g/mol. The van der Waals surface area contributed by atoms with Gasteiger partial charge in [0.05, 0.1) is 24.8 Å². The highest BCUT2D eigenvalue weighted by Gasteiger charge is 2.33. The molecular formula is C14H12N2O4. The van der Waals surface area contributed by atoms with Crippen molar-refractivity contribution in [2.75, 3.05) is 13.1 Å². The number of aromatic nitrogens is 1. The molecule has 1 saturated heterocycles. The van der Waals surface area contributed by atoms with Crippen LogP contribution in [0.5, 0.6) is 5.75 Å². The van der Waals surface area contributed by atoms with Crippen molar-refractivity contribution in [3.8, 4) is 5.75 Å². The Morgan fingerprint density at radius 3 is 2.85 bits per heavy atom. The molecule has 3 rings (SSSR count). The molecule has 0 radical (unpaired) electrons. The van der Waals surface area contributed by atoms with Gasteiger partial charge in [0.1, 0.15) is 18.1 Å². The van der Waals surface area contributed by atoms with Crippen molar-refractivity contribution in [3.05, 3.63) is 58.9 Å². The fourth-order valence-corrected chi connectivity index (χ4v) is 1.95. The quantitative estimate of drug-likeness (QED) is 0.831. The highest BCUT2D eigenvalue weighted by atomic mass is 16.5. The predicted molar refractivity (Wildman–Crippen MR) is 69.5 cm³/mol. The second kappa shape index (κ2) is 5.16. The van der Waals surface area contributed by atoms with Gasteiger partial charge in [-0.15, -0.1) is 0 Å². The molecule has 20 heavy (non-hydrogen) atoms. The third-order valence-electron chi connectivity index (χ3n) is 3.02. The van der Waals surface area contributed by atoms with Crippen LogP contribution in [0.4, 0.5) is 0 Å². The molecular weight excluding hydrogens is 260 g/mol. The Bertz CT molecular complexity index is 642. The molecule has 0 N–H and O–H groups in total. The van der Waals surface area contributed by atoms with Crippen LogP contribution in [-0.4, -0.2) is 35.0 Å². The van der Waals surface area contributed by atoms with E-state index in [9.17, 15) is 9.59 Å². The second-order valence-corrected chi connectivity index (χ2v) is 4.48. The van der Waals surface area contributed by atoms with Crippen molar-refractivity contribution in [2.45, 2.75) is 6.10 Å². The summed E-state index contributed by atoms with van der Waals surface area (Å²) >= 11 is 0. The summed E-state index contributed by atoms with van der Waals surface area (Å²) in [6.45, 7) is 1.01. The molecule has 0 bridgehead atoms. The van der Waals surface area contributed by atoms with Crippen LogP contribution in [0.2, 0.25) is 0 Å². The number of amides is 1. The zero-order chi connectivity index (χ0) is 13.9. The average Bonchev–Trinajstić information content (AvgIpc) is 2.44. The SMILES string of the molecule is O=C(c1ccc(=O)oc1)N1CC(Oc2cccnc2)C1. The van der Waals surface area contributed by atoms with E-state index in [4.69, 9.17) is 4.74 Å². The minimum atomic E-state index is -0.469. The van der Waals surface area contributed by atoms with Crippen LogP contribution in [0.3, 0.4) is 0 Å². The zero-order valence-corrected chi connectivity index (χ0v) is 10.6. The van der Waals surface area contributed by atoms with E-state index in [0.29, 0.717) is 24.4 Å². The monoisotopic (exact) mass is 272 g/mol. The van der Waals surface area contributed by atoms with Crippen LogP contribution in [0.25, 0.3) is 0 Å². The maximum Gasteiger partial charge on any atom is 0.335 e. The Kier molecular flexibility index (Phi) is 3.20. The predicted octanol–water partition coefficient (Wildman–Crippen LogP) is 0.938. The van der Waals surface area contributed by atoms with Gasteiger partial charge in [-0.2, -0.15) is 0 Å². The van der Waals surface area contributed by atoms with Gasteiger partial charge in [0.15, 0.2) is 0 Å². The van der Waals surface area contributed by atoms with Gasteiger partial charge >= 0.3 is 5.63 Å². The number of rotatable bonds is 3. The van der Waals surface area contributed by atoms with Crippen molar-refractivity contribution in [1.29, 1.82) is 0 Å². The third kappa shape index (κ3) is 2.54. The summed E-state index contributed by atoms with van der Waals surface area (Å²) in [4.78, 5) is 28.5. The van der Waals surface area contributed by atoms with Gasteiger partial charge in [-0.05, 0) is 18.2 Å². The summed E-state index contributed by atoms with van der Waals surface area (Å²) < 4.78 is 10.3. The number of ether oxygens (including phenoxy) is 1. The second-order valence-electron chi connectivity index (χ2n) is 4.48. The van der Waals surface area contributed by atoms with Gasteiger partial charge in [0.2, 0.25) is 0 Å². The lowest BCUT2D eigenvalue weighted by Crippen LogP contribution is -2.56. The molecule has 6 heteroatoms. The van der Waals surface area contributed by atoms with Gasteiger partial charge in [-0.25, -0.2) is 4.79 Å². The van der Waals surface area contributed by atoms with E-state index in [-0.39, 0.29) is 12.0 Å². The summed E-state index contributed by atoms with van der Waals surface area (Å²) in [7, 11) is 0. The first-order valence-electron chi connectivity index (χ1n) is 6.17. The Balaban J connectivity index is 1.56. The van der Waals surface area contributed by atoms with Gasteiger partial charge in [-0.3, -0.25) is 9.78 Å². The summed E-state index contributed by atoms with van der Waals surface area (Å²) in [6.07, 6.45) is 4.46. The molecule has 1 aliphatic heterocycles. The van der Waals surface area contributed by atoms with Gasteiger partial charge in [-0.1, -0.05) is 0 Å². The molecule has 0 unspecified atom stereocenters. The summed E-state index contributed by atoms with van der Waals surface area (Å²) in [6, 6.07) is 6.31. The van der Waals surface area contributed by atoms with Crippen LogP contribution in [-0.2, 0) is 0 Å². The van der Waals surface area contributed by atoms with Crippen LogP contribution >= 0.6 is 0 Å². The molecule has 1 amide bonds. The van der Waals surface area contributed by atoms with Crippen LogP contribution < -0.4 is 10.4 Å². The van der Waals surface area contributed by atoms with Crippen molar-refractivity contribution in [1.82, 2.24) is 9.88 Å². The number of hydrogen-bond acceptors (Lipinski definition) is 5. The molecule has 0 spiro atoms. The Morgan fingerprint density at radius 1 is 1.35 bits per heavy atom. The lowest BCUT2D eigenvalue weighted by Gasteiger charge is -2.38. The first kappa shape index (κ1) is 12.4. The fourth-order valence-electron chi connectivity index (χ4n) is 1.95. The summed E-state index contributed by atoms with van der Waals surface area (Å²) in [5.74, 6) is 0.523. The van der Waals surface area contributed by atoms with E-state index in [1.165, 1.54) is 18.4 Å². The van der Waals surface area contributed by atoms with Gasteiger partial charge in [0, 0.05) is 12.3 Å². The molecule has 1 aliphatic rings. The molecule has 3 heterocycles. The van der Waals surface area contributed by atoms with E-state index < -0.39 is 5.63 Å². The lowest BCUT2D eigenvalue weighted by molar-refractivity contribution is 0.0174. The fraction of sp³-hybridized carbons (Fsp3) is 0.214. The van der Waals surface area contributed by atoms with Crippen molar-refractivity contribution in [3.63, 3.8) is 0 Å². The Morgan fingerprint density at radius 2 is 2.20 bits per heavy atom. The molecule has 102 valence electrons. The van der Waals surface area contributed by atoms with E-state index in [0.717, 1.165) is 0 Å². The molecule has 0 aromatic carbocycles. The van der Waals surface area contributed by atoms with Crippen LogP contribution in [0, 0.1) is 0 Å². The smallest absolute Gasteiger partial charge is 0.335 e. The number of carbonyl (C=O) groups is 1. The summed E-state index contributed by atoms with van der Waals surface area (Å²) in [5, 5.41) is 0. The maximum absolute atomic E-state index is 12.0. The van der Waals surface area contributed by atoms with Crippen molar-refractivity contribution in [2.24, 2.45) is 0 Å². The number of pyridine rings is 1. The molecule has 0 saturated carbocycles. The molecule has 2 aromatic heterocycles. The molecule has 0 atom stereocenters. The standard InChI is InChI=1S/C14H12N2O4/c17-13-4-3-10(9-19-13)14(18)16-7-12(8-16)20-11-2-1-5-15-6-11/h1-6,9,12H,7-8H2. The highest BCUT2D eigenvalue weighted by molar-refractivity contribution is 5.94. The van der Waals surface area contributed by atoms with Crippen LogP contribution in [0.1, 0.15) is 10.4 Å². The van der Waals surface area contributed by atoms with Crippen molar-refractivity contribution < 1.29 is 13.9 Å². The highest BCUT2D eigenvalue weighted by Crippen LogP contribution is 2.18. The lowest BCUT2D eigenvalue weighted by atomic mass is 10.1. The Labute approximate surface area is 114 Å². The maximum atomic E-state index is 12.0. The van der Waals surface area contributed by atoms with Gasteiger partial charge < -0.3 is 14.1 Å². The number of nitrogens with zero attached hydrogens (tertiary/aromatic N) is 2. The first-order valence-corrected chi connectivity index (χ1v) is 6.17. The number of likely N-dealkylation sites (tertiary alicyclic amines) is 1. The molecule has 1 fully saturated rings. The molecule has 2 aromatic rings. The third-order valence-corrected chi connectivity index (χ3v) is 3.02. The van der Waals surface area contributed by atoms with E-state index in [2.05, 4.69) is 9.40 Å². The normalized spacial score (nSPS) is 14.7. The minimum Gasteiger partial charge on any atom is -0.485 e. The minimum absolute atomic E-state index is 0.0288. The number of carbonyl (C=O) groups excluding carboxylic acids is 1. The van der Waals surface area contributed by atoms with Crippen LogP contribution in [0.15, 0.2) is 52.1 Å². The van der Waals surface area contributed by atoms with Gasteiger partial charge in [0.25, 0.3) is 5.91 Å². The largest absolute Gasteiger partial charge is 0.485 e. The Hall–Kier alpha value is -2.63.